The minimum absolute atomic E-state index is 0.941. The predicted octanol–water partition coefficient (Wildman–Crippen LogP) is 3.37. The molecule has 62 valence electrons. The molecule has 0 radical (unpaired) electrons. The van der Waals surface area contributed by atoms with E-state index in [0.717, 1.165) is 5.41 Å². The molecule has 0 aromatic heterocycles. The van der Waals surface area contributed by atoms with E-state index in [2.05, 4.69) is 0 Å². The van der Waals surface area contributed by atoms with Gasteiger partial charge < -0.3 is 0 Å². The van der Waals surface area contributed by atoms with E-state index in [1.807, 2.05) is 0 Å². The van der Waals surface area contributed by atoms with Crippen molar-refractivity contribution in [2.45, 2.75) is 51.4 Å². The van der Waals surface area contributed by atoms with Crippen molar-refractivity contribution >= 4 is 0 Å². The van der Waals surface area contributed by atoms with Crippen LogP contribution in [-0.2, 0) is 0 Å². The van der Waals surface area contributed by atoms with Crippen LogP contribution in [-0.4, -0.2) is 0 Å². The Balaban J connectivity index is 1.75. The van der Waals surface area contributed by atoms with Crippen molar-refractivity contribution in [1.82, 2.24) is 0 Å². The van der Waals surface area contributed by atoms with Gasteiger partial charge in [0.1, 0.15) is 0 Å². The maximum absolute atomic E-state index is 1.60. The number of hydrogen-bond acceptors (Lipinski definition) is 0. The van der Waals surface area contributed by atoms with Crippen molar-refractivity contribution in [3.8, 4) is 0 Å². The van der Waals surface area contributed by atoms with E-state index < -0.39 is 0 Å². The van der Waals surface area contributed by atoms with E-state index in [1.165, 1.54) is 11.8 Å². The molecule has 0 heteroatoms. The van der Waals surface area contributed by atoms with E-state index in [9.17, 15) is 0 Å². The Morgan fingerprint density at radius 2 is 1.27 bits per heavy atom. The molecule has 0 aromatic rings. The van der Waals surface area contributed by atoms with Crippen molar-refractivity contribution in [2.24, 2.45) is 17.3 Å². The van der Waals surface area contributed by atoms with Crippen LogP contribution < -0.4 is 0 Å². The molecule has 11 heavy (non-hydrogen) atoms. The van der Waals surface area contributed by atoms with E-state index in [4.69, 9.17) is 0 Å². The predicted molar refractivity (Wildman–Crippen MR) is 46.3 cm³/mol. The molecule has 0 nitrogen and oxygen atoms in total. The molecule has 0 saturated heterocycles. The van der Waals surface area contributed by atoms with E-state index in [0.29, 0.717) is 0 Å². The van der Waals surface area contributed by atoms with E-state index >= 15 is 0 Å². The Hall–Kier alpha value is 0. The largest absolute Gasteiger partial charge is 0.0530 e. The third kappa shape index (κ3) is 0.878. The van der Waals surface area contributed by atoms with Gasteiger partial charge in [-0.3, -0.25) is 0 Å². The third-order valence-electron chi connectivity index (χ3n) is 4.39. The third-order valence-corrected chi connectivity index (χ3v) is 4.39. The van der Waals surface area contributed by atoms with Gasteiger partial charge in [-0.05, 0) is 55.8 Å². The Labute approximate surface area is 69.4 Å². The van der Waals surface area contributed by atoms with Gasteiger partial charge in [-0.25, -0.2) is 0 Å². The lowest BCUT2D eigenvalue weighted by Gasteiger charge is -2.21. The first-order chi connectivity index (χ1) is 5.42. The molecule has 0 unspecified atom stereocenters. The van der Waals surface area contributed by atoms with Crippen LogP contribution in [0.25, 0.3) is 0 Å². The van der Waals surface area contributed by atoms with Gasteiger partial charge in [0, 0.05) is 0 Å². The zero-order valence-corrected chi connectivity index (χ0v) is 7.31. The average molecular weight is 150 g/mol. The van der Waals surface area contributed by atoms with Crippen LogP contribution >= 0.6 is 0 Å². The van der Waals surface area contributed by atoms with Gasteiger partial charge in [-0.1, -0.05) is 12.8 Å². The summed E-state index contributed by atoms with van der Waals surface area (Å²) in [5.74, 6) is 2.38. The topological polar surface area (TPSA) is 0 Å². The van der Waals surface area contributed by atoms with Crippen LogP contribution in [0.1, 0.15) is 51.4 Å². The Morgan fingerprint density at radius 1 is 0.727 bits per heavy atom. The fourth-order valence-corrected chi connectivity index (χ4v) is 3.45. The molecule has 3 saturated carbocycles. The van der Waals surface area contributed by atoms with Crippen molar-refractivity contribution in [3.63, 3.8) is 0 Å². The number of rotatable bonds is 2. The molecular formula is C11H18. The summed E-state index contributed by atoms with van der Waals surface area (Å²) in [4.78, 5) is 0. The van der Waals surface area contributed by atoms with Gasteiger partial charge in [0.2, 0.25) is 0 Å². The second-order valence-corrected chi connectivity index (χ2v) is 4.99. The van der Waals surface area contributed by atoms with Gasteiger partial charge in [-0.15, -0.1) is 0 Å². The molecule has 0 aliphatic heterocycles. The van der Waals surface area contributed by atoms with E-state index in [-0.39, 0.29) is 0 Å². The molecule has 3 rings (SSSR count). The average Bonchev–Trinajstić information content (AvgIpc) is 2.89. The summed E-state index contributed by atoms with van der Waals surface area (Å²) >= 11 is 0. The van der Waals surface area contributed by atoms with Gasteiger partial charge in [0.15, 0.2) is 0 Å². The van der Waals surface area contributed by atoms with Crippen LogP contribution in [0.15, 0.2) is 0 Å². The highest BCUT2D eigenvalue weighted by Crippen LogP contribution is 2.68. The Morgan fingerprint density at radius 3 is 1.73 bits per heavy atom. The molecule has 0 N–H and O–H groups in total. The maximum Gasteiger partial charge on any atom is -0.0240 e. The molecule has 3 aliphatic carbocycles. The van der Waals surface area contributed by atoms with Crippen LogP contribution in [0.2, 0.25) is 0 Å². The van der Waals surface area contributed by atoms with Crippen molar-refractivity contribution in [1.29, 1.82) is 0 Å². The van der Waals surface area contributed by atoms with Crippen LogP contribution in [0.4, 0.5) is 0 Å². The normalized spacial score (nSPS) is 36.0. The van der Waals surface area contributed by atoms with Gasteiger partial charge in [0.05, 0.1) is 0 Å². The fourth-order valence-electron chi connectivity index (χ4n) is 3.45. The zero-order chi connectivity index (χ0) is 7.31. The molecule has 0 bridgehead atoms. The second-order valence-electron chi connectivity index (χ2n) is 4.99. The van der Waals surface area contributed by atoms with Crippen LogP contribution in [0.3, 0.4) is 0 Å². The molecule has 3 fully saturated rings. The second kappa shape index (κ2) is 2.02. The maximum atomic E-state index is 1.60. The summed E-state index contributed by atoms with van der Waals surface area (Å²) in [5, 5.41) is 0. The van der Waals surface area contributed by atoms with Crippen LogP contribution in [0, 0.1) is 17.3 Å². The smallest absolute Gasteiger partial charge is 0.0240 e. The van der Waals surface area contributed by atoms with Gasteiger partial charge >= 0.3 is 0 Å². The number of hydrogen-bond donors (Lipinski definition) is 0. The fraction of sp³-hybridized carbons (Fsp3) is 1.00. The van der Waals surface area contributed by atoms with E-state index in [1.54, 1.807) is 51.4 Å². The highest BCUT2D eigenvalue weighted by Gasteiger charge is 2.57. The summed E-state index contributed by atoms with van der Waals surface area (Å²) in [7, 11) is 0. The minimum Gasteiger partial charge on any atom is -0.0530 e. The Bertz CT molecular complexity index is 157. The van der Waals surface area contributed by atoms with Crippen LogP contribution in [0.5, 0.6) is 0 Å². The molecule has 0 spiro atoms. The first kappa shape index (κ1) is 6.51. The highest BCUT2D eigenvalue weighted by atomic mass is 14.6. The summed E-state index contributed by atoms with van der Waals surface area (Å²) in [6, 6.07) is 0. The summed E-state index contributed by atoms with van der Waals surface area (Å²) in [5.41, 5.74) is 0.941. The monoisotopic (exact) mass is 150 g/mol. The lowest BCUT2D eigenvalue weighted by atomic mass is 9.83. The first-order valence-electron chi connectivity index (χ1n) is 5.42. The first-order valence-corrected chi connectivity index (χ1v) is 5.42. The van der Waals surface area contributed by atoms with Gasteiger partial charge in [0.25, 0.3) is 0 Å². The molecule has 0 heterocycles. The molecular weight excluding hydrogens is 132 g/mol. The van der Waals surface area contributed by atoms with Crippen molar-refractivity contribution in [2.75, 3.05) is 0 Å². The summed E-state index contributed by atoms with van der Waals surface area (Å²) in [6.07, 6.45) is 12.6. The highest BCUT2D eigenvalue weighted by molar-refractivity contribution is 5.08. The zero-order valence-electron chi connectivity index (χ0n) is 7.31. The van der Waals surface area contributed by atoms with Gasteiger partial charge in [-0.2, -0.15) is 0 Å². The molecule has 0 aromatic carbocycles. The van der Waals surface area contributed by atoms with Crippen molar-refractivity contribution < 1.29 is 0 Å². The minimum atomic E-state index is 0.941. The summed E-state index contributed by atoms with van der Waals surface area (Å²) in [6.45, 7) is 0. The molecule has 0 amide bonds. The SMILES string of the molecule is C1CCC(C2(C3CC3)CC2)C1. The van der Waals surface area contributed by atoms with Crippen molar-refractivity contribution in [3.05, 3.63) is 0 Å². The molecule has 0 atom stereocenters. The summed E-state index contributed by atoms with van der Waals surface area (Å²) < 4.78 is 0. The quantitative estimate of drug-likeness (QED) is 0.566. The Kier molecular flexibility index (Phi) is 1.20. The molecule has 3 aliphatic rings. The lowest BCUT2D eigenvalue weighted by molar-refractivity contribution is 0.273. The lowest BCUT2D eigenvalue weighted by Crippen LogP contribution is -2.14. The standard InChI is InChI=1S/C11H18/c1-2-4-9(3-1)11(7-8-11)10-5-6-10/h9-10H,1-8H2.